The molecule has 5 aromatic rings. The first-order valence-corrected chi connectivity index (χ1v) is 10.8. The molecule has 3 aromatic carbocycles. The fourth-order valence-corrected chi connectivity index (χ4v) is 6.09. The van der Waals surface area contributed by atoms with Crippen molar-refractivity contribution in [1.82, 2.24) is 0 Å². The predicted octanol–water partition coefficient (Wildman–Crippen LogP) is 7.83. The summed E-state index contributed by atoms with van der Waals surface area (Å²) in [6, 6.07) is 19.2. The van der Waals surface area contributed by atoms with Gasteiger partial charge in [-0.3, -0.25) is 0 Å². The Balaban J connectivity index is 1.38. The van der Waals surface area contributed by atoms with Crippen molar-refractivity contribution in [3.05, 3.63) is 82.1 Å². The highest BCUT2D eigenvalue weighted by Gasteiger charge is 2.28. The van der Waals surface area contributed by atoms with Crippen LogP contribution >= 0.6 is 22.7 Å². The van der Waals surface area contributed by atoms with E-state index in [-0.39, 0.29) is 10.9 Å². The first-order valence-electron chi connectivity index (χ1n) is 9.20. The molecule has 0 N–H and O–H groups in total. The number of fused-ring (bicyclic) bond motifs is 8. The summed E-state index contributed by atoms with van der Waals surface area (Å²) in [5.41, 5.74) is 6.10. The second-order valence-electron chi connectivity index (χ2n) is 7.19. The number of halogens is 2. The van der Waals surface area contributed by atoms with E-state index in [4.69, 9.17) is 0 Å². The topological polar surface area (TPSA) is 0 Å². The molecule has 0 amide bonds. The van der Waals surface area contributed by atoms with Gasteiger partial charge in [-0.25, -0.2) is 4.39 Å². The van der Waals surface area contributed by atoms with E-state index in [0.29, 0.717) is 0 Å². The molecule has 0 spiro atoms. The number of aryl methyl sites for hydroxylation is 2. The van der Waals surface area contributed by atoms with E-state index in [1.807, 2.05) is 29.5 Å². The van der Waals surface area contributed by atoms with Crippen LogP contribution in [0.15, 0.2) is 60.7 Å². The lowest BCUT2D eigenvalue weighted by Gasteiger charge is -2.25. The van der Waals surface area contributed by atoms with Crippen molar-refractivity contribution in [2.45, 2.75) is 12.8 Å². The maximum Gasteiger partial charge on any atom is 0.177 e. The highest BCUT2D eigenvalue weighted by atomic mass is 32.1. The molecule has 6 rings (SSSR count). The monoisotopic (exact) mass is 404 g/mol. The molecule has 0 atom stereocenters. The molecule has 4 heteroatoms. The van der Waals surface area contributed by atoms with Crippen molar-refractivity contribution < 1.29 is 8.78 Å². The molecule has 0 bridgehead atoms. The van der Waals surface area contributed by atoms with Gasteiger partial charge in [0, 0.05) is 25.0 Å². The van der Waals surface area contributed by atoms with Crippen LogP contribution in [0.25, 0.3) is 42.4 Å². The Bertz CT molecular complexity index is 1370. The molecule has 0 saturated heterocycles. The van der Waals surface area contributed by atoms with E-state index in [1.165, 1.54) is 60.7 Å². The number of rotatable bonds is 3. The molecule has 2 heterocycles. The summed E-state index contributed by atoms with van der Waals surface area (Å²) in [5.74, 6) is -0.191. The molecule has 0 unspecified atom stereocenters. The number of hydrogen-bond donors (Lipinski definition) is 0. The van der Waals surface area contributed by atoms with Gasteiger partial charge in [0.15, 0.2) is 5.13 Å². The Morgan fingerprint density at radius 3 is 2.00 bits per heavy atom. The first kappa shape index (κ1) is 16.4. The zero-order chi connectivity index (χ0) is 18.8. The van der Waals surface area contributed by atoms with Gasteiger partial charge in [0.25, 0.3) is 0 Å². The van der Waals surface area contributed by atoms with E-state index >= 15 is 0 Å². The molecule has 28 heavy (non-hydrogen) atoms. The maximum atomic E-state index is 13.7. The summed E-state index contributed by atoms with van der Waals surface area (Å²) < 4.78 is 29.1. The van der Waals surface area contributed by atoms with Crippen LogP contribution in [0.5, 0.6) is 0 Å². The molecule has 0 nitrogen and oxygen atoms in total. The van der Waals surface area contributed by atoms with Crippen LogP contribution in [0.2, 0.25) is 0 Å². The minimum absolute atomic E-state index is 0.128. The normalized spacial score (nSPS) is 12.2. The lowest BCUT2D eigenvalue weighted by molar-refractivity contribution is 0.627. The molecular weight excluding hydrogens is 390 g/mol. The van der Waals surface area contributed by atoms with Crippen molar-refractivity contribution in [3.8, 4) is 22.3 Å². The van der Waals surface area contributed by atoms with E-state index in [2.05, 4.69) is 24.3 Å². The van der Waals surface area contributed by atoms with Crippen LogP contribution in [-0.4, -0.2) is 0 Å². The third-order valence-electron chi connectivity index (χ3n) is 5.53. The van der Waals surface area contributed by atoms with Gasteiger partial charge in [0.1, 0.15) is 5.82 Å². The molecule has 1 aliphatic carbocycles. The van der Waals surface area contributed by atoms with Gasteiger partial charge in [0.2, 0.25) is 0 Å². The Hall–Kier alpha value is -2.56. The quantitative estimate of drug-likeness (QED) is 0.282. The standard InChI is InChI=1S/C24H14F2S2/c25-14-4-1-13(2-5-14)3-6-15-11-18-20(27-15)9-7-16-23(18)17-8-10-21-19(24(16)17)12-22(26)28-21/h1-2,4-5,7-12H,3,6H2. The van der Waals surface area contributed by atoms with E-state index in [0.717, 1.165) is 28.5 Å². The summed E-state index contributed by atoms with van der Waals surface area (Å²) in [6.45, 7) is 0. The molecule has 1 aliphatic rings. The molecule has 136 valence electrons. The summed E-state index contributed by atoms with van der Waals surface area (Å²) in [7, 11) is 0. The van der Waals surface area contributed by atoms with Crippen LogP contribution in [0.3, 0.4) is 0 Å². The summed E-state index contributed by atoms with van der Waals surface area (Å²) >= 11 is 3.04. The minimum Gasteiger partial charge on any atom is -0.207 e. The SMILES string of the molecule is Fc1ccc(CCc2cc3c4c(ccc3s2)-c2c-4ccc3sc(F)cc23)cc1. The van der Waals surface area contributed by atoms with Crippen LogP contribution in [0.4, 0.5) is 8.78 Å². The second kappa shape index (κ2) is 5.97. The largest absolute Gasteiger partial charge is 0.207 e. The zero-order valence-electron chi connectivity index (χ0n) is 14.8. The van der Waals surface area contributed by atoms with Crippen LogP contribution in [0.1, 0.15) is 10.4 Å². The Labute approximate surface area is 168 Å². The van der Waals surface area contributed by atoms with Crippen molar-refractivity contribution in [2.75, 3.05) is 0 Å². The minimum atomic E-state index is -0.191. The van der Waals surface area contributed by atoms with Crippen molar-refractivity contribution in [1.29, 1.82) is 0 Å². The van der Waals surface area contributed by atoms with Gasteiger partial charge in [-0.2, -0.15) is 4.39 Å². The lowest BCUT2D eigenvalue weighted by atomic mass is 9.77. The van der Waals surface area contributed by atoms with Crippen molar-refractivity contribution in [3.63, 3.8) is 0 Å². The third-order valence-corrected chi connectivity index (χ3v) is 7.58. The fraction of sp³-hybridized carbons (Fsp3) is 0.0833. The zero-order valence-corrected chi connectivity index (χ0v) is 16.4. The first-order chi connectivity index (χ1) is 13.7. The van der Waals surface area contributed by atoms with Crippen molar-refractivity contribution in [2.24, 2.45) is 0 Å². The van der Waals surface area contributed by atoms with Gasteiger partial charge in [-0.1, -0.05) is 24.3 Å². The average molecular weight is 405 g/mol. The van der Waals surface area contributed by atoms with Gasteiger partial charge in [-0.15, -0.1) is 22.7 Å². The highest BCUT2D eigenvalue weighted by molar-refractivity contribution is 7.19. The number of thiophene rings is 2. The summed E-state index contributed by atoms with van der Waals surface area (Å²) in [4.78, 5) is 1.34. The smallest absolute Gasteiger partial charge is 0.177 e. The molecule has 0 radical (unpaired) electrons. The second-order valence-corrected chi connectivity index (χ2v) is 9.39. The van der Waals surface area contributed by atoms with Crippen LogP contribution in [0, 0.1) is 10.9 Å². The van der Waals surface area contributed by atoms with Crippen molar-refractivity contribution >= 4 is 42.8 Å². The fourth-order valence-electron chi connectivity index (χ4n) is 4.22. The number of hydrogen-bond acceptors (Lipinski definition) is 2. The predicted molar refractivity (Wildman–Crippen MR) is 115 cm³/mol. The molecule has 0 saturated carbocycles. The summed E-state index contributed by atoms with van der Waals surface area (Å²) in [6.07, 6.45) is 1.85. The lowest BCUT2D eigenvalue weighted by Crippen LogP contribution is -1.99. The summed E-state index contributed by atoms with van der Waals surface area (Å²) in [5, 5.41) is 2.19. The number of benzene rings is 3. The molecule has 0 aliphatic heterocycles. The third kappa shape index (κ3) is 2.38. The Morgan fingerprint density at radius 2 is 1.29 bits per heavy atom. The maximum absolute atomic E-state index is 13.7. The van der Waals surface area contributed by atoms with Gasteiger partial charge >= 0.3 is 0 Å². The highest BCUT2D eigenvalue weighted by Crippen LogP contribution is 2.55. The van der Waals surface area contributed by atoms with Gasteiger partial charge < -0.3 is 0 Å². The van der Waals surface area contributed by atoms with E-state index in [9.17, 15) is 8.78 Å². The Morgan fingerprint density at radius 1 is 0.643 bits per heavy atom. The molecule has 2 aromatic heterocycles. The van der Waals surface area contributed by atoms with Gasteiger partial charge in [0.05, 0.1) is 0 Å². The van der Waals surface area contributed by atoms with Gasteiger partial charge in [-0.05, 0) is 77.1 Å². The average Bonchev–Trinajstić information content (AvgIpc) is 3.24. The van der Waals surface area contributed by atoms with Crippen LogP contribution < -0.4 is 0 Å². The van der Waals surface area contributed by atoms with E-state index < -0.39 is 0 Å². The molecular formula is C24H14F2S2. The Kier molecular flexibility index (Phi) is 3.49. The van der Waals surface area contributed by atoms with Crippen LogP contribution in [-0.2, 0) is 12.8 Å². The van der Waals surface area contributed by atoms with E-state index in [1.54, 1.807) is 6.07 Å². The molecule has 0 fully saturated rings.